The van der Waals surface area contributed by atoms with Gasteiger partial charge in [0.15, 0.2) is 0 Å². The molecule has 1 heterocycles. The van der Waals surface area contributed by atoms with E-state index < -0.39 is 0 Å². The predicted molar refractivity (Wildman–Crippen MR) is 105 cm³/mol. The van der Waals surface area contributed by atoms with Crippen molar-refractivity contribution in [3.63, 3.8) is 0 Å². The molecule has 0 saturated heterocycles. The van der Waals surface area contributed by atoms with Gasteiger partial charge < -0.3 is 9.47 Å². The first-order chi connectivity index (χ1) is 13.2. The second-order valence-corrected chi connectivity index (χ2v) is 6.63. The summed E-state index contributed by atoms with van der Waals surface area (Å²) in [7, 11) is 0. The van der Waals surface area contributed by atoms with Crippen LogP contribution in [-0.4, -0.2) is 11.1 Å². The van der Waals surface area contributed by atoms with Gasteiger partial charge in [0.05, 0.1) is 30.4 Å². The average Bonchev–Trinajstić information content (AvgIpc) is 3.10. The smallest absolute Gasteiger partial charge is 0.128 e. The molecule has 2 aromatic carbocycles. The highest BCUT2D eigenvalue weighted by molar-refractivity contribution is 5.32. The Balaban J connectivity index is 1.75. The second-order valence-electron chi connectivity index (χ2n) is 6.63. The van der Waals surface area contributed by atoms with Gasteiger partial charge in [0, 0.05) is 17.3 Å². The number of aromatic nitrogens is 1. The first-order valence-corrected chi connectivity index (χ1v) is 9.00. The first kappa shape index (κ1) is 18.6. The van der Waals surface area contributed by atoms with Crippen LogP contribution in [0.3, 0.4) is 0 Å². The lowest BCUT2D eigenvalue weighted by Crippen LogP contribution is -3.09. The van der Waals surface area contributed by atoms with Gasteiger partial charge in [0.2, 0.25) is 0 Å². The number of quaternary nitrogens is 1. The normalized spacial score (nSPS) is 11.7. The summed E-state index contributed by atoms with van der Waals surface area (Å²) in [5, 5.41) is 9.10. The first-order valence-electron chi connectivity index (χ1n) is 9.00. The van der Waals surface area contributed by atoms with E-state index in [1.807, 2.05) is 54.7 Å². The zero-order valence-electron chi connectivity index (χ0n) is 15.2. The number of rotatable bonds is 8. The zero-order chi connectivity index (χ0) is 19.1. The summed E-state index contributed by atoms with van der Waals surface area (Å²) in [6.45, 7) is 6.79. The summed E-state index contributed by atoms with van der Waals surface area (Å²) in [5.74, 6) is -0.180. The van der Waals surface area contributed by atoms with E-state index in [-0.39, 0.29) is 5.82 Å². The zero-order valence-corrected chi connectivity index (χ0v) is 15.2. The standard InChI is InChI=1S/C23H22FN3/c1-2-12-26(16-20-8-5-7-19(14-20)15-25)18-22-10-6-13-27(22)17-21-9-3-4-11-23(21)24/h2-11,13-14H,1,12,16-18H2/p+1. The van der Waals surface area contributed by atoms with Crippen molar-refractivity contribution in [3.8, 4) is 6.07 Å². The lowest BCUT2D eigenvalue weighted by molar-refractivity contribution is -0.922. The Labute approximate surface area is 159 Å². The average molecular weight is 360 g/mol. The lowest BCUT2D eigenvalue weighted by Gasteiger charge is -2.19. The summed E-state index contributed by atoms with van der Waals surface area (Å²) in [6.07, 6.45) is 3.90. The van der Waals surface area contributed by atoms with Crippen LogP contribution in [0.5, 0.6) is 0 Å². The van der Waals surface area contributed by atoms with Crippen molar-refractivity contribution in [1.29, 1.82) is 5.26 Å². The lowest BCUT2D eigenvalue weighted by atomic mass is 10.1. The summed E-state index contributed by atoms with van der Waals surface area (Å²) < 4.78 is 16.1. The molecule has 27 heavy (non-hydrogen) atoms. The third kappa shape index (κ3) is 4.93. The summed E-state index contributed by atoms with van der Waals surface area (Å²) in [6, 6.07) is 20.9. The molecule has 4 heteroatoms. The molecule has 1 unspecified atom stereocenters. The maximum Gasteiger partial charge on any atom is 0.128 e. The van der Waals surface area contributed by atoms with Crippen molar-refractivity contribution >= 4 is 0 Å². The molecule has 0 fully saturated rings. The number of hydrogen-bond donors (Lipinski definition) is 1. The highest BCUT2D eigenvalue weighted by Crippen LogP contribution is 2.11. The number of nitrogens with zero attached hydrogens (tertiary/aromatic N) is 2. The Kier molecular flexibility index (Phi) is 6.19. The van der Waals surface area contributed by atoms with Crippen LogP contribution in [0, 0.1) is 17.1 Å². The predicted octanol–water partition coefficient (Wildman–Crippen LogP) is 3.32. The molecule has 136 valence electrons. The Morgan fingerprint density at radius 1 is 1.07 bits per heavy atom. The minimum atomic E-state index is -0.180. The minimum Gasteiger partial charge on any atom is -0.342 e. The van der Waals surface area contributed by atoms with Crippen molar-refractivity contribution in [2.45, 2.75) is 19.6 Å². The molecular formula is C23H23FN3+. The number of hydrogen-bond acceptors (Lipinski definition) is 1. The van der Waals surface area contributed by atoms with Crippen LogP contribution >= 0.6 is 0 Å². The molecule has 0 bridgehead atoms. The van der Waals surface area contributed by atoms with E-state index in [0.29, 0.717) is 17.7 Å². The summed E-state index contributed by atoms with van der Waals surface area (Å²) >= 11 is 0. The maximum atomic E-state index is 14.0. The van der Waals surface area contributed by atoms with E-state index in [4.69, 9.17) is 5.26 Å². The number of halogens is 1. The molecule has 0 amide bonds. The topological polar surface area (TPSA) is 33.2 Å². The Bertz CT molecular complexity index is 952. The fourth-order valence-corrected chi connectivity index (χ4v) is 3.28. The van der Waals surface area contributed by atoms with Gasteiger partial charge in [-0.25, -0.2) is 4.39 Å². The second kappa shape index (κ2) is 8.98. The van der Waals surface area contributed by atoms with Crippen molar-refractivity contribution < 1.29 is 9.29 Å². The highest BCUT2D eigenvalue weighted by atomic mass is 19.1. The highest BCUT2D eigenvalue weighted by Gasteiger charge is 2.13. The summed E-state index contributed by atoms with van der Waals surface area (Å²) in [5.41, 5.74) is 3.62. The molecule has 0 spiro atoms. The molecule has 1 atom stereocenters. The Hall–Kier alpha value is -3.16. The molecule has 3 aromatic rings. The monoisotopic (exact) mass is 360 g/mol. The largest absolute Gasteiger partial charge is 0.342 e. The van der Waals surface area contributed by atoms with Crippen molar-refractivity contribution in [2.24, 2.45) is 0 Å². The Morgan fingerprint density at radius 2 is 1.93 bits per heavy atom. The van der Waals surface area contributed by atoms with E-state index in [1.54, 1.807) is 6.07 Å². The van der Waals surface area contributed by atoms with Gasteiger partial charge in [-0.3, -0.25) is 0 Å². The van der Waals surface area contributed by atoms with Crippen LogP contribution in [0.25, 0.3) is 0 Å². The summed E-state index contributed by atoms with van der Waals surface area (Å²) in [4.78, 5) is 1.31. The van der Waals surface area contributed by atoms with Crippen LogP contribution in [0.1, 0.15) is 22.4 Å². The minimum absolute atomic E-state index is 0.180. The van der Waals surface area contributed by atoms with Gasteiger partial charge in [-0.05, 0) is 36.4 Å². The molecule has 1 N–H and O–H groups in total. The van der Waals surface area contributed by atoms with Crippen LogP contribution in [0.2, 0.25) is 0 Å². The van der Waals surface area contributed by atoms with E-state index in [9.17, 15) is 4.39 Å². The van der Waals surface area contributed by atoms with Gasteiger partial charge in [-0.15, -0.1) is 0 Å². The van der Waals surface area contributed by atoms with Crippen molar-refractivity contribution in [2.75, 3.05) is 6.54 Å². The number of nitriles is 1. The molecule has 0 radical (unpaired) electrons. The van der Waals surface area contributed by atoms with Crippen molar-refractivity contribution in [3.05, 3.63) is 108 Å². The van der Waals surface area contributed by atoms with Crippen molar-refractivity contribution in [1.82, 2.24) is 4.57 Å². The van der Waals surface area contributed by atoms with Crippen LogP contribution in [-0.2, 0) is 19.6 Å². The fourth-order valence-electron chi connectivity index (χ4n) is 3.28. The van der Waals surface area contributed by atoms with E-state index in [1.165, 1.54) is 11.0 Å². The number of nitrogens with one attached hydrogen (secondary N) is 1. The molecule has 0 aliphatic rings. The van der Waals surface area contributed by atoms with Crippen LogP contribution in [0.15, 0.2) is 79.5 Å². The Morgan fingerprint density at radius 3 is 2.70 bits per heavy atom. The van der Waals surface area contributed by atoms with Gasteiger partial charge >= 0.3 is 0 Å². The SMILES string of the molecule is C=CC[NH+](Cc1cccc(C#N)c1)Cc1cccn1Cc1ccccc1F. The van der Waals surface area contributed by atoms with Crippen LogP contribution in [0.4, 0.5) is 4.39 Å². The fraction of sp³-hybridized carbons (Fsp3) is 0.174. The van der Waals surface area contributed by atoms with Gasteiger partial charge in [-0.1, -0.05) is 36.9 Å². The molecule has 0 aliphatic heterocycles. The third-order valence-corrected chi connectivity index (χ3v) is 4.60. The van der Waals surface area contributed by atoms with E-state index in [0.717, 1.165) is 30.9 Å². The molecule has 3 nitrogen and oxygen atoms in total. The van der Waals surface area contributed by atoms with Gasteiger partial charge in [0.1, 0.15) is 18.9 Å². The number of benzene rings is 2. The molecular weight excluding hydrogens is 337 g/mol. The maximum absolute atomic E-state index is 14.0. The van der Waals surface area contributed by atoms with Gasteiger partial charge in [-0.2, -0.15) is 5.26 Å². The van der Waals surface area contributed by atoms with E-state index >= 15 is 0 Å². The van der Waals surface area contributed by atoms with E-state index in [2.05, 4.69) is 23.3 Å². The molecule has 0 saturated carbocycles. The molecule has 3 rings (SSSR count). The van der Waals surface area contributed by atoms with Gasteiger partial charge in [0.25, 0.3) is 0 Å². The molecule has 0 aliphatic carbocycles. The quantitative estimate of drug-likeness (QED) is 0.614. The molecule has 1 aromatic heterocycles. The van der Waals surface area contributed by atoms with Crippen LogP contribution < -0.4 is 4.90 Å². The third-order valence-electron chi connectivity index (χ3n) is 4.60.